The number of ketones is 1. The summed E-state index contributed by atoms with van der Waals surface area (Å²) in [4.78, 5) is 13.2. The summed E-state index contributed by atoms with van der Waals surface area (Å²) in [6.07, 6.45) is 1.97. The van der Waals surface area contributed by atoms with Crippen LogP contribution in [0.2, 0.25) is 5.02 Å². The number of Topliss-reactive ketones (excluding diaryl/α,β-unsaturated/α-hetero) is 1. The molecule has 0 saturated heterocycles. The summed E-state index contributed by atoms with van der Waals surface area (Å²) in [6, 6.07) is 2.01. The van der Waals surface area contributed by atoms with Gasteiger partial charge in [-0.3, -0.25) is 9.48 Å². The number of thiophene rings is 1. The largest absolute Gasteiger partial charge is 0.293 e. The number of carbonyl (C=O) groups is 1. The van der Waals surface area contributed by atoms with E-state index in [1.54, 1.807) is 4.68 Å². The fraction of sp³-hybridized carbons (Fsp3) is 0.429. The molecule has 0 fully saturated rings. The van der Waals surface area contributed by atoms with Crippen LogP contribution in [0.5, 0.6) is 0 Å². The van der Waals surface area contributed by atoms with Crippen LogP contribution in [0.4, 0.5) is 0 Å². The van der Waals surface area contributed by atoms with Crippen LogP contribution in [-0.4, -0.2) is 15.6 Å². The zero-order valence-electron chi connectivity index (χ0n) is 11.4. The molecule has 102 valence electrons. The van der Waals surface area contributed by atoms with Gasteiger partial charge in [0.15, 0.2) is 5.78 Å². The van der Waals surface area contributed by atoms with E-state index in [0.29, 0.717) is 11.4 Å². The van der Waals surface area contributed by atoms with Crippen LogP contribution in [0.3, 0.4) is 0 Å². The summed E-state index contributed by atoms with van der Waals surface area (Å²) < 4.78 is 1.72. The second-order valence-corrected chi connectivity index (χ2v) is 5.71. The molecule has 0 saturated carbocycles. The molecular weight excluding hydrogens is 280 g/mol. The van der Waals surface area contributed by atoms with Crippen molar-refractivity contribution in [2.24, 2.45) is 7.05 Å². The molecule has 0 aromatic carbocycles. The molecule has 3 nitrogen and oxygen atoms in total. The Hall–Kier alpha value is -1.13. The Bertz CT molecular complexity index is 601. The molecule has 0 amide bonds. The molecule has 0 spiro atoms. The number of aryl methyl sites for hydroxylation is 3. The van der Waals surface area contributed by atoms with Gasteiger partial charge in [0.25, 0.3) is 0 Å². The lowest BCUT2D eigenvalue weighted by molar-refractivity contribution is 0.0994. The molecular formula is C14H17ClN2OS. The Morgan fingerprint density at radius 2 is 2.16 bits per heavy atom. The Balaban J connectivity index is 2.27. The first-order valence-electron chi connectivity index (χ1n) is 6.38. The summed E-state index contributed by atoms with van der Waals surface area (Å²) >= 11 is 7.78. The molecule has 0 unspecified atom stereocenters. The van der Waals surface area contributed by atoms with E-state index in [9.17, 15) is 4.79 Å². The average molecular weight is 297 g/mol. The topological polar surface area (TPSA) is 34.9 Å². The maximum Gasteiger partial charge on any atom is 0.179 e. The van der Waals surface area contributed by atoms with E-state index in [0.717, 1.165) is 34.7 Å². The molecule has 2 aromatic heterocycles. The minimum atomic E-state index is 0.124. The average Bonchev–Trinajstić information content (AvgIpc) is 2.97. The molecule has 2 rings (SSSR count). The van der Waals surface area contributed by atoms with E-state index in [4.69, 9.17) is 11.6 Å². The van der Waals surface area contributed by atoms with Gasteiger partial charge >= 0.3 is 0 Å². The highest BCUT2D eigenvalue weighted by Gasteiger charge is 2.19. The first kappa shape index (κ1) is 14.3. The van der Waals surface area contributed by atoms with Crippen molar-refractivity contribution >= 4 is 28.7 Å². The third-order valence-electron chi connectivity index (χ3n) is 3.21. The van der Waals surface area contributed by atoms with Gasteiger partial charge in [-0.05, 0) is 29.9 Å². The van der Waals surface area contributed by atoms with Gasteiger partial charge in [0, 0.05) is 7.05 Å². The predicted octanol–water partition coefficient (Wildman–Crippen LogP) is 3.69. The van der Waals surface area contributed by atoms with E-state index < -0.39 is 0 Å². The Labute approximate surface area is 122 Å². The third-order valence-corrected chi connectivity index (χ3v) is 4.65. The fourth-order valence-electron chi connectivity index (χ4n) is 2.10. The Morgan fingerprint density at radius 3 is 2.74 bits per heavy atom. The van der Waals surface area contributed by atoms with Crippen molar-refractivity contribution in [2.75, 3.05) is 0 Å². The molecule has 2 heterocycles. The molecule has 0 aliphatic rings. The normalized spacial score (nSPS) is 10.9. The number of rotatable bonds is 5. The summed E-state index contributed by atoms with van der Waals surface area (Å²) in [6.45, 7) is 4.07. The number of carbonyl (C=O) groups excluding carboxylic acids is 1. The van der Waals surface area contributed by atoms with Crippen LogP contribution < -0.4 is 0 Å². The van der Waals surface area contributed by atoms with Crippen LogP contribution in [-0.2, 0) is 26.3 Å². The number of halogens is 1. The van der Waals surface area contributed by atoms with E-state index in [2.05, 4.69) is 12.0 Å². The molecule has 5 heteroatoms. The fourth-order valence-corrected chi connectivity index (χ4v) is 3.40. The van der Waals surface area contributed by atoms with E-state index >= 15 is 0 Å². The zero-order chi connectivity index (χ0) is 14.0. The number of nitrogens with zero attached hydrogens (tertiary/aromatic N) is 2. The van der Waals surface area contributed by atoms with E-state index in [1.807, 2.05) is 25.4 Å². The molecule has 0 N–H and O–H groups in total. The lowest BCUT2D eigenvalue weighted by Crippen LogP contribution is -2.08. The third kappa shape index (κ3) is 2.74. The van der Waals surface area contributed by atoms with Crippen LogP contribution in [0, 0.1) is 0 Å². The zero-order valence-corrected chi connectivity index (χ0v) is 12.9. The lowest BCUT2D eigenvalue weighted by Gasteiger charge is -2.03. The number of hydrogen-bond acceptors (Lipinski definition) is 3. The second-order valence-electron chi connectivity index (χ2n) is 4.41. The van der Waals surface area contributed by atoms with Gasteiger partial charge in [0.2, 0.25) is 0 Å². The summed E-state index contributed by atoms with van der Waals surface area (Å²) in [7, 11) is 1.84. The lowest BCUT2D eigenvalue weighted by atomic mass is 10.1. The van der Waals surface area contributed by atoms with Crippen molar-refractivity contribution < 1.29 is 4.79 Å². The molecule has 2 aromatic rings. The highest BCUT2D eigenvalue weighted by molar-refractivity contribution is 7.12. The SMILES string of the molecule is CCc1ccsc1C(=O)Cc1c(Cl)c(CC)nn1C. The van der Waals surface area contributed by atoms with Crippen LogP contribution >= 0.6 is 22.9 Å². The van der Waals surface area contributed by atoms with Crippen molar-refractivity contribution in [3.8, 4) is 0 Å². The van der Waals surface area contributed by atoms with Crippen molar-refractivity contribution in [1.82, 2.24) is 9.78 Å². The molecule has 0 radical (unpaired) electrons. The van der Waals surface area contributed by atoms with Gasteiger partial charge in [-0.15, -0.1) is 11.3 Å². The van der Waals surface area contributed by atoms with Crippen molar-refractivity contribution in [2.45, 2.75) is 33.1 Å². The van der Waals surface area contributed by atoms with Gasteiger partial charge in [-0.1, -0.05) is 25.4 Å². The monoisotopic (exact) mass is 296 g/mol. The van der Waals surface area contributed by atoms with Crippen LogP contribution in [0.25, 0.3) is 0 Å². The molecule has 19 heavy (non-hydrogen) atoms. The highest BCUT2D eigenvalue weighted by atomic mass is 35.5. The first-order chi connectivity index (χ1) is 9.08. The van der Waals surface area contributed by atoms with Crippen molar-refractivity contribution in [3.63, 3.8) is 0 Å². The summed E-state index contributed by atoms with van der Waals surface area (Å²) in [5.74, 6) is 0.124. The van der Waals surface area contributed by atoms with Gasteiger partial charge in [0.05, 0.1) is 27.7 Å². The van der Waals surface area contributed by atoms with Gasteiger partial charge in [0.1, 0.15) is 0 Å². The number of hydrogen-bond donors (Lipinski definition) is 0. The standard InChI is InChI=1S/C14H17ClN2OS/c1-4-9-6-7-19-14(9)12(18)8-11-13(15)10(5-2)16-17(11)3/h6-7H,4-5,8H2,1-3H3. The number of aromatic nitrogens is 2. The van der Waals surface area contributed by atoms with Gasteiger partial charge < -0.3 is 0 Å². The van der Waals surface area contributed by atoms with Gasteiger partial charge in [-0.25, -0.2) is 0 Å². The minimum absolute atomic E-state index is 0.124. The predicted molar refractivity (Wildman–Crippen MR) is 79.3 cm³/mol. The van der Waals surface area contributed by atoms with E-state index in [-0.39, 0.29) is 5.78 Å². The van der Waals surface area contributed by atoms with Crippen LogP contribution in [0.1, 0.15) is 40.5 Å². The highest BCUT2D eigenvalue weighted by Crippen LogP contribution is 2.25. The quantitative estimate of drug-likeness (QED) is 0.789. The van der Waals surface area contributed by atoms with Gasteiger partial charge in [-0.2, -0.15) is 5.10 Å². The van der Waals surface area contributed by atoms with E-state index in [1.165, 1.54) is 11.3 Å². The maximum absolute atomic E-state index is 12.4. The molecule has 0 bridgehead atoms. The second kappa shape index (κ2) is 5.88. The Morgan fingerprint density at radius 1 is 1.42 bits per heavy atom. The Kier molecular flexibility index (Phi) is 4.42. The molecule has 0 atom stereocenters. The minimum Gasteiger partial charge on any atom is -0.293 e. The van der Waals surface area contributed by atoms with Crippen molar-refractivity contribution in [1.29, 1.82) is 0 Å². The summed E-state index contributed by atoms with van der Waals surface area (Å²) in [5.41, 5.74) is 2.77. The molecule has 0 aliphatic carbocycles. The first-order valence-corrected chi connectivity index (χ1v) is 7.64. The summed E-state index contributed by atoms with van der Waals surface area (Å²) in [5, 5.41) is 6.94. The molecule has 0 aliphatic heterocycles. The van der Waals surface area contributed by atoms with Crippen molar-refractivity contribution in [3.05, 3.63) is 38.3 Å². The van der Waals surface area contributed by atoms with Crippen LogP contribution in [0.15, 0.2) is 11.4 Å². The maximum atomic E-state index is 12.4. The smallest absolute Gasteiger partial charge is 0.179 e.